The van der Waals surface area contributed by atoms with E-state index in [0.717, 1.165) is 56.2 Å². The molecular weight excluding hydrogens is 254 g/mol. The van der Waals surface area contributed by atoms with Gasteiger partial charge in [-0.3, -0.25) is 0 Å². The van der Waals surface area contributed by atoms with Crippen molar-refractivity contribution in [3.8, 4) is 11.5 Å². The second-order valence-electron chi connectivity index (χ2n) is 5.87. The highest BCUT2D eigenvalue weighted by Crippen LogP contribution is 2.48. The van der Waals surface area contributed by atoms with Crippen LogP contribution in [0.4, 0.5) is 0 Å². The van der Waals surface area contributed by atoms with E-state index in [1.165, 1.54) is 12.8 Å². The lowest BCUT2D eigenvalue weighted by Crippen LogP contribution is -2.24. The largest absolute Gasteiger partial charge is 0.490 e. The summed E-state index contributed by atoms with van der Waals surface area (Å²) in [6, 6.07) is 6.08. The van der Waals surface area contributed by atoms with Crippen LogP contribution < -0.4 is 14.8 Å². The second kappa shape index (κ2) is 6.02. The van der Waals surface area contributed by atoms with E-state index >= 15 is 0 Å². The van der Waals surface area contributed by atoms with Crippen LogP contribution in [0.3, 0.4) is 0 Å². The van der Waals surface area contributed by atoms with Gasteiger partial charge in [-0.25, -0.2) is 0 Å². The molecule has 0 bridgehead atoms. The molecule has 2 N–H and O–H groups in total. The van der Waals surface area contributed by atoms with E-state index in [4.69, 9.17) is 14.6 Å². The first-order valence-electron chi connectivity index (χ1n) is 7.52. The Morgan fingerprint density at radius 2 is 2.05 bits per heavy atom. The summed E-state index contributed by atoms with van der Waals surface area (Å²) in [5, 5.41) is 12.6. The number of hydrogen-bond acceptors (Lipinski definition) is 4. The molecule has 0 unspecified atom stereocenters. The van der Waals surface area contributed by atoms with Crippen molar-refractivity contribution in [1.29, 1.82) is 0 Å². The number of benzene rings is 1. The molecule has 0 atom stereocenters. The fourth-order valence-corrected chi connectivity index (χ4v) is 2.78. The first kappa shape index (κ1) is 13.7. The Kier molecular flexibility index (Phi) is 4.13. The Bertz CT molecular complexity index is 457. The maximum Gasteiger partial charge on any atom is 0.165 e. The van der Waals surface area contributed by atoms with Crippen LogP contribution in [0, 0.1) is 5.41 Å². The van der Waals surface area contributed by atoms with Crippen molar-refractivity contribution in [2.24, 2.45) is 5.41 Å². The number of para-hydroxylation sites is 1. The van der Waals surface area contributed by atoms with Crippen LogP contribution >= 0.6 is 0 Å². The Morgan fingerprint density at radius 1 is 1.20 bits per heavy atom. The van der Waals surface area contributed by atoms with E-state index in [-0.39, 0.29) is 0 Å². The zero-order valence-corrected chi connectivity index (χ0v) is 11.9. The lowest BCUT2D eigenvalue weighted by molar-refractivity contribution is 0.245. The fourth-order valence-electron chi connectivity index (χ4n) is 2.78. The molecule has 110 valence electrons. The fraction of sp³-hybridized carbons (Fsp3) is 0.625. The predicted octanol–water partition coefficient (Wildman–Crippen LogP) is 2.10. The highest BCUT2D eigenvalue weighted by molar-refractivity contribution is 5.47. The van der Waals surface area contributed by atoms with Gasteiger partial charge in [0.15, 0.2) is 11.5 Å². The molecule has 20 heavy (non-hydrogen) atoms. The van der Waals surface area contributed by atoms with Gasteiger partial charge in [0.1, 0.15) is 0 Å². The molecular formula is C16H23NO3. The van der Waals surface area contributed by atoms with E-state index < -0.39 is 0 Å². The molecule has 0 spiro atoms. The lowest BCUT2D eigenvalue weighted by atomic mass is 10.0. The van der Waals surface area contributed by atoms with Crippen LogP contribution in [-0.2, 0) is 6.54 Å². The van der Waals surface area contributed by atoms with Crippen LogP contribution in [-0.4, -0.2) is 31.5 Å². The summed E-state index contributed by atoms with van der Waals surface area (Å²) in [6.07, 6.45) is 4.30. The third-order valence-corrected chi connectivity index (χ3v) is 4.27. The molecule has 2 aliphatic rings. The van der Waals surface area contributed by atoms with E-state index in [1.807, 2.05) is 12.1 Å². The molecule has 1 heterocycles. The van der Waals surface area contributed by atoms with Gasteiger partial charge in [0.05, 0.1) is 13.2 Å². The number of rotatable bonds is 6. The van der Waals surface area contributed by atoms with Crippen molar-refractivity contribution < 1.29 is 14.6 Å². The minimum Gasteiger partial charge on any atom is -0.490 e. The van der Waals surface area contributed by atoms with Crippen molar-refractivity contribution in [2.75, 3.05) is 26.4 Å². The summed E-state index contributed by atoms with van der Waals surface area (Å²) in [5.41, 5.74) is 1.50. The molecule has 1 aromatic rings. The van der Waals surface area contributed by atoms with Crippen LogP contribution in [0.1, 0.15) is 31.2 Å². The molecule has 0 saturated heterocycles. The smallest absolute Gasteiger partial charge is 0.165 e. The Morgan fingerprint density at radius 3 is 2.85 bits per heavy atom. The number of fused-ring (bicyclic) bond motifs is 1. The molecule has 0 amide bonds. The minimum absolute atomic E-state index is 0.291. The molecule has 1 aromatic carbocycles. The van der Waals surface area contributed by atoms with Crippen LogP contribution in [0.15, 0.2) is 18.2 Å². The molecule has 1 aliphatic heterocycles. The van der Waals surface area contributed by atoms with Gasteiger partial charge in [-0.2, -0.15) is 0 Å². The maximum absolute atomic E-state index is 9.08. The van der Waals surface area contributed by atoms with Gasteiger partial charge < -0.3 is 19.9 Å². The predicted molar refractivity (Wildman–Crippen MR) is 77.1 cm³/mol. The van der Waals surface area contributed by atoms with Gasteiger partial charge in [0.25, 0.3) is 0 Å². The van der Waals surface area contributed by atoms with Crippen LogP contribution in [0.2, 0.25) is 0 Å². The molecule has 4 heteroatoms. The van der Waals surface area contributed by atoms with E-state index in [9.17, 15) is 0 Å². The SMILES string of the molecule is OCCC1(CNCc2cccc3c2OCCCO3)CC1. The topological polar surface area (TPSA) is 50.7 Å². The maximum atomic E-state index is 9.08. The van der Waals surface area contributed by atoms with Gasteiger partial charge >= 0.3 is 0 Å². The van der Waals surface area contributed by atoms with Gasteiger partial charge in [-0.15, -0.1) is 0 Å². The molecule has 4 nitrogen and oxygen atoms in total. The standard InChI is InChI=1S/C16H23NO3/c18-8-7-16(5-6-16)12-17-11-13-3-1-4-14-15(13)20-10-2-9-19-14/h1,3-4,17-18H,2,5-12H2. The highest BCUT2D eigenvalue weighted by Gasteiger charge is 2.41. The number of aliphatic hydroxyl groups is 1. The summed E-state index contributed by atoms with van der Waals surface area (Å²) in [7, 11) is 0. The second-order valence-corrected chi connectivity index (χ2v) is 5.87. The normalized spacial score (nSPS) is 19.4. The van der Waals surface area contributed by atoms with Gasteiger partial charge in [0.2, 0.25) is 0 Å². The van der Waals surface area contributed by atoms with Gasteiger partial charge in [0, 0.05) is 31.7 Å². The molecule has 1 fully saturated rings. The van der Waals surface area contributed by atoms with Crippen molar-refractivity contribution in [1.82, 2.24) is 5.32 Å². The van der Waals surface area contributed by atoms with Gasteiger partial charge in [-0.05, 0) is 30.7 Å². The first-order valence-corrected chi connectivity index (χ1v) is 7.52. The zero-order valence-electron chi connectivity index (χ0n) is 11.9. The number of hydrogen-bond donors (Lipinski definition) is 2. The zero-order chi connectivity index (χ0) is 13.8. The van der Waals surface area contributed by atoms with Crippen molar-refractivity contribution in [3.05, 3.63) is 23.8 Å². The summed E-state index contributed by atoms with van der Waals surface area (Å²) in [4.78, 5) is 0. The lowest BCUT2D eigenvalue weighted by Gasteiger charge is -2.16. The summed E-state index contributed by atoms with van der Waals surface area (Å²) < 4.78 is 11.5. The third-order valence-electron chi connectivity index (χ3n) is 4.27. The van der Waals surface area contributed by atoms with E-state index in [0.29, 0.717) is 12.0 Å². The Hall–Kier alpha value is -1.26. The first-order chi connectivity index (χ1) is 9.83. The van der Waals surface area contributed by atoms with E-state index in [1.54, 1.807) is 0 Å². The van der Waals surface area contributed by atoms with Crippen LogP contribution in [0.25, 0.3) is 0 Å². The van der Waals surface area contributed by atoms with Gasteiger partial charge in [-0.1, -0.05) is 12.1 Å². The highest BCUT2D eigenvalue weighted by atomic mass is 16.5. The van der Waals surface area contributed by atoms with Crippen molar-refractivity contribution in [2.45, 2.75) is 32.2 Å². The Labute approximate surface area is 120 Å². The number of nitrogens with one attached hydrogen (secondary N) is 1. The van der Waals surface area contributed by atoms with Crippen LogP contribution in [0.5, 0.6) is 11.5 Å². The Balaban J connectivity index is 1.60. The molecule has 1 saturated carbocycles. The molecule has 3 rings (SSSR count). The minimum atomic E-state index is 0.291. The molecule has 1 aliphatic carbocycles. The summed E-state index contributed by atoms with van der Waals surface area (Å²) in [5.74, 6) is 1.75. The van der Waals surface area contributed by atoms with Crippen molar-refractivity contribution >= 4 is 0 Å². The van der Waals surface area contributed by atoms with E-state index in [2.05, 4.69) is 11.4 Å². The summed E-state index contributed by atoms with van der Waals surface area (Å²) >= 11 is 0. The molecule has 0 radical (unpaired) electrons. The third kappa shape index (κ3) is 3.07. The van der Waals surface area contributed by atoms with Crippen molar-refractivity contribution in [3.63, 3.8) is 0 Å². The molecule has 0 aromatic heterocycles. The average molecular weight is 277 g/mol. The average Bonchev–Trinajstić information content (AvgIpc) is 3.23. The number of aliphatic hydroxyl groups excluding tert-OH is 1. The monoisotopic (exact) mass is 277 g/mol. The number of ether oxygens (including phenoxy) is 2. The summed E-state index contributed by atoms with van der Waals surface area (Å²) in [6.45, 7) is 3.50. The quantitative estimate of drug-likeness (QED) is 0.836.